The van der Waals surface area contributed by atoms with Crippen molar-refractivity contribution in [3.63, 3.8) is 0 Å². The van der Waals surface area contributed by atoms with E-state index in [0.29, 0.717) is 52.8 Å². The predicted molar refractivity (Wildman–Crippen MR) is 174 cm³/mol. The fraction of sp³-hybridized carbons (Fsp3) is 0.394. The maximum Gasteiger partial charge on any atom is 0.162 e. The highest BCUT2D eigenvalue weighted by Gasteiger charge is 2.25. The number of ketones is 2. The van der Waals surface area contributed by atoms with Crippen LogP contribution in [0.5, 0.6) is 0 Å². The molecule has 8 heteroatoms. The zero-order chi connectivity index (χ0) is 27.5. The van der Waals surface area contributed by atoms with Crippen molar-refractivity contribution in [2.75, 3.05) is 6.54 Å². The maximum absolute atomic E-state index is 12.1. The highest BCUT2D eigenvalue weighted by atomic mass is 35.5. The number of rotatable bonds is 12. The maximum atomic E-state index is 12.1. The monoisotopic (exact) mass is 623 g/mol. The third-order valence-corrected chi connectivity index (χ3v) is 7.33. The molecule has 3 unspecified atom stereocenters. The zero-order valence-electron chi connectivity index (χ0n) is 21.8. The third kappa shape index (κ3) is 12.7. The van der Waals surface area contributed by atoms with Crippen LogP contribution in [0.2, 0.25) is 10.0 Å². The second-order valence-corrected chi connectivity index (χ2v) is 10.5. The van der Waals surface area contributed by atoms with Crippen LogP contribution in [-0.4, -0.2) is 40.5 Å². The first-order chi connectivity index (χ1) is 18.3. The van der Waals surface area contributed by atoms with Crippen LogP contribution in [0, 0.1) is 0 Å². The molecule has 0 radical (unpaired) electrons. The summed E-state index contributed by atoms with van der Waals surface area (Å²) in [6.45, 7) is 0.188. The average molecular weight is 625 g/mol. The molecule has 3 aromatic carbocycles. The van der Waals surface area contributed by atoms with Crippen LogP contribution in [0.4, 0.5) is 0 Å². The molecule has 0 aliphatic heterocycles. The molecule has 0 saturated carbocycles. The SMILES string of the molecule is C.C.Cl.NCC(O)CCC(=O)c1ccc(Cl)cc1.O=C(CCC(O)CCC1Cc2ccccc21)c1ccc(Cl)cc1. The molecule has 3 atom stereocenters. The number of aliphatic hydroxyl groups is 2. The lowest BCUT2D eigenvalue weighted by Crippen LogP contribution is -2.20. The Hall–Kier alpha value is -2.25. The molecule has 0 bridgehead atoms. The summed E-state index contributed by atoms with van der Waals surface area (Å²) in [6, 6.07) is 22.1. The number of aliphatic hydroxyl groups excluding tert-OH is 2. The Balaban J connectivity index is 0.000000786. The van der Waals surface area contributed by atoms with E-state index in [4.69, 9.17) is 28.9 Å². The molecule has 3 aromatic rings. The van der Waals surface area contributed by atoms with Crippen LogP contribution >= 0.6 is 35.6 Å². The summed E-state index contributed by atoms with van der Waals surface area (Å²) in [4.78, 5) is 23.7. The molecule has 4 rings (SSSR count). The van der Waals surface area contributed by atoms with Crippen molar-refractivity contribution >= 4 is 47.2 Å². The molecule has 0 aromatic heterocycles. The van der Waals surface area contributed by atoms with Crippen molar-refractivity contribution in [1.82, 2.24) is 0 Å². The van der Waals surface area contributed by atoms with Crippen LogP contribution in [0.15, 0.2) is 72.8 Å². The Morgan fingerprint density at radius 2 is 1.22 bits per heavy atom. The van der Waals surface area contributed by atoms with Crippen molar-refractivity contribution in [3.8, 4) is 0 Å². The Morgan fingerprint density at radius 1 is 0.756 bits per heavy atom. The van der Waals surface area contributed by atoms with Crippen LogP contribution in [0.1, 0.15) is 91.1 Å². The fourth-order valence-corrected chi connectivity index (χ4v) is 4.68. The van der Waals surface area contributed by atoms with Crippen LogP contribution in [0.25, 0.3) is 0 Å². The van der Waals surface area contributed by atoms with E-state index in [2.05, 4.69) is 24.3 Å². The quantitative estimate of drug-likeness (QED) is 0.177. The standard InChI is InChI=1S/C20H21ClO2.C11H14ClNO2.2CH4.ClH/c21-17-8-5-14(6-9-17)20(23)12-11-18(22)10-7-16-13-15-3-1-2-4-19(15)16;12-9-3-1-8(2-4-9)11(15)6-5-10(14)7-13;;;/h1-6,8-9,16,18,22H,7,10-13H2;1-4,10,14H,5-7,13H2;2*1H4;1H. The minimum Gasteiger partial charge on any atom is -0.393 e. The van der Waals surface area contributed by atoms with Crippen molar-refractivity contribution in [2.24, 2.45) is 5.73 Å². The lowest BCUT2D eigenvalue weighted by molar-refractivity contribution is 0.0927. The molecule has 0 heterocycles. The van der Waals surface area contributed by atoms with Gasteiger partial charge in [-0.1, -0.05) is 62.3 Å². The summed E-state index contributed by atoms with van der Waals surface area (Å²) in [5, 5.41) is 20.6. The largest absolute Gasteiger partial charge is 0.393 e. The van der Waals surface area contributed by atoms with Gasteiger partial charge in [0.2, 0.25) is 0 Å². The molecule has 4 N–H and O–H groups in total. The normalized spacial score (nSPS) is 14.2. The van der Waals surface area contributed by atoms with Crippen LogP contribution in [-0.2, 0) is 6.42 Å². The van der Waals surface area contributed by atoms with Gasteiger partial charge < -0.3 is 15.9 Å². The van der Waals surface area contributed by atoms with E-state index >= 15 is 0 Å². The van der Waals surface area contributed by atoms with E-state index < -0.39 is 12.2 Å². The topological polar surface area (TPSA) is 101 Å². The average Bonchev–Trinajstić information content (AvgIpc) is 2.91. The minimum absolute atomic E-state index is 0. The molecular formula is C33H44Cl3NO4. The van der Waals surface area contributed by atoms with Gasteiger partial charge in [-0.2, -0.15) is 0 Å². The molecular weight excluding hydrogens is 581 g/mol. The zero-order valence-corrected chi connectivity index (χ0v) is 24.1. The summed E-state index contributed by atoms with van der Waals surface area (Å²) in [5.74, 6) is 0.640. The lowest BCUT2D eigenvalue weighted by Gasteiger charge is -2.30. The van der Waals surface area contributed by atoms with Crippen molar-refractivity contribution in [1.29, 1.82) is 0 Å². The van der Waals surface area contributed by atoms with Gasteiger partial charge in [-0.15, -0.1) is 12.4 Å². The number of Topliss-reactive ketones (excluding diaryl/α,β-unsaturated/α-hetero) is 2. The van der Waals surface area contributed by atoms with E-state index in [-0.39, 0.29) is 45.4 Å². The number of carbonyl (C=O) groups is 2. The summed E-state index contributed by atoms with van der Waals surface area (Å²) >= 11 is 11.5. The first kappa shape index (κ1) is 38.8. The molecule has 41 heavy (non-hydrogen) atoms. The van der Waals surface area contributed by atoms with Crippen LogP contribution < -0.4 is 5.73 Å². The summed E-state index contributed by atoms with van der Waals surface area (Å²) < 4.78 is 0. The second-order valence-electron chi connectivity index (χ2n) is 9.66. The highest BCUT2D eigenvalue weighted by Crippen LogP contribution is 2.38. The number of fused-ring (bicyclic) bond motifs is 1. The minimum atomic E-state index is -0.596. The molecule has 1 aliphatic carbocycles. The van der Waals surface area contributed by atoms with E-state index in [1.807, 2.05) is 0 Å². The molecule has 0 saturated heterocycles. The number of hydrogen-bond acceptors (Lipinski definition) is 5. The Bertz CT molecular complexity index is 1190. The van der Waals surface area contributed by atoms with Gasteiger partial charge in [0.05, 0.1) is 12.2 Å². The van der Waals surface area contributed by atoms with E-state index in [0.717, 1.165) is 19.3 Å². The number of benzene rings is 3. The van der Waals surface area contributed by atoms with Gasteiger partial charge in [-0.25, -0.2) is 0 Å². The Labute approximate surface area is 261 Å². The smallest absolute Gasteiger partial charge is 0.162 e. The lowest BCUT2D eigenvalue weighted by atomic mass is 9.75. The molecule has 5 nitrogen and oxygen atoms in total. The first-order valence-corrected chi connectivity index (χ1v) is 13.7. The van der Waals surface area contributed by atoms with Crippen molar-refractivity contribution in [3.05, 3.63) is 105 Å². The summed E-state index contributed by atoms with van der Waals surface area (Å²) in [7, 11) is 0. The van der Waals surface area contributed by atoms with E-state index in [1.165, 1.54) is 11.1 Å². The van der Waals surface area contributed by atoms with Gasteiger partial charge in [-0.05, 0) is 97.7 Å². The van der Waals surface area contributed by atoms with Crippen LogP contribution in [0.3, 0.4) is 0 Å². The number of nitrogens with two attached hydrogens (primary N) is 1. The molecule has 0 amide bonds. The van der Waals surface area contributed by atoms with Gasteiger partial charge in [0.25, 0.3) is 0 Å². The third-order valence-electron chi connectivity index (χ3n) is 6.82. The first-order valence-electron chi connectivity index (χ1n) is 13.0. The van der Waals surface area contributed by atoms with Gasteiger partial charge in [0.1, 0.15) is 0 Å². The summed E-state index contributed by atoms with van der Waals surface area (Å²) in [6.07, 6.45) is 3.48. The molecule has 0 spiro atoms. The van der Waals surface area contributed by atoms with Gasteiger partial charge in [-0.3, -0.25) is 9.59 Å². The Morgan fingerprint density at radius 3 is 1.68 bits per heavy atom. The van der Waals surface area contributed by atoms with Crippen molar-refractivity contribution in [2.45, 2.75) is 77.9 Å². The highest BCUT2D eigenvalue weighted by molar-refractivity contribution is 6.31. The summed E-state index contributed by atoms with van der Waals surface area (Å²) in [5.41, 5.74) is 9.38. The predicted octanol–water partition coefficient (Wildman–Crippen LogP) is 8.10. The van der Waals surface area contributed by atoms with Gasteiger partial charge in [0.15, 0.2) is 11.6 Å². The van der Waals surface area contributed by atoms with Crippen molar-refractivity contribution < 1.29 is 19.8 Å². The molecule has 1 aliphatic rings. The number of hydrogen-bond donors (Lipinski definition) is 3. The Kier molecular flexibility index (Phi) is 18.7. The number of carbonyl (C=O) groups excluding carboxylic acids is 2. The van der Waals surface area contributed by atoms with Gasteiger partial charge >= 0.3 is 0 Å². The second kappa shape index (κ2) is 19.8. The fourth-order valence-electron chi connectivity index (χ4n) is 4.43. The van der Waals surface area contributed by atoms with E-state index in [9.17, 15) is 19.8 Å². The van der Waals surface area contributed by atoms with E-state index in [1.54, 1.807) is 48.5 Å². The number of halogens is 3. The van der Waals surface area contributed by atoms with Gasteiger partial charge in [0, 0.05) is 40.6 Å². The molecule has 0 fully saturated rings. The molecule has 226 valence electrons.